The van der Waals surface area contributed by atoms with Gasteiger partial charge >= 0.3 is 0 Å². The van der Waals surface area contributed by atoms with E-state index in [1.165, 1.54) is 128 Å². The van der Waals surface area contributed by atoms with Crippen molar-refractivity contribution in [2.45, 2.75) is 236 Å². The molecule has 9 nitrogen and oxygen atoms in total. The summed E-state index contributed by atoms with van der Waals surface area (Å²) in [7, 11) is 0. The minimum absolute atomic E-state index is 0.133. The molecule has 7 atom stereocenters. The van der Waals surface area contributed by atoms with Crippen LogP contribution < -0.4 is 5.32 Å². The molecule has 0 bridgehead atoms. The third-order valence-electron chi connectivity index (χ3n) is 10.2. The molecule has 0 aromatic carbocycles. The molecule has 6 N–H and O–H groups in total. The van der Waals surface area contributed by atoms with Crippen LogP contribution in [0.15, 0.2) is 0 Å². The molecule has 1 amide bonds. The molecule has 0 aromatic rings. The second-order valence-electron chi connectivity index (χ2n) is 14.8. The first-order valence-electron chi connectivity index (χ1n) is 20.7. The van der Waals surface area contributed by atoms with Gasteiger partial charge in [-0.1, -0.05) is 174 Å². The number of carbonyl (C=O) groups is 1. The van der Waals surface area contributed by atoms with Crippen LogP contribution in [-0.2, 0) is 14.3 Å². The van der Waals surface area contributed by atoms with Crippen LogP contribution in [0.1, 0.15) is 194 Å². The Labute approximate surface area is 300 Å². The molecule has 0 saturated carbocycles. The SMILES string of the molecule is CCCCCCCCCCCCCCCCCCCC(O)C(COC1OC(CO)C(O)C(O)C1O)NC(=O)CCCCCCCCCCC. The average Bonchev–Trinajstić information content (AvgIpc) is 3.10. The highest BCUT2D eigenvalue weighted by Gasteiger charge is 2.44. The molecule has 7 unspecified atom stereocenters. The van der Waals surface area contributed by atoms with Gasteiger partial charge in [0.05, 0.1) is 25.4 Å². The van der Waals surface area contributed by atoms with Gasteiger partial charge in [0, 0.05) is 6.42 Å². The van der Waals surface area contributed by atoms with Gasteiger partial charge in [0.25, 0.3) is 0 Å². The summed E-state index contributed by atoms with van der Waals surface area (Å²) in [5, 5.41) is 54.1. The highest BCUT2D eigenvalue weighted by Crippen LogP contribution is 2.23. The summed E-state index contributed by atoms with van der Waals surface area (Å²) < 4.78 is 11.2. The van der Waals surface area contributed by atoms with Crippen LogP contribution in [0.25, 0.3) is 0 Å². The van der Waals surface area contributed by atoms with Crippen molar-refractivity contribution in [3.05, 3.63) is 0 Å². The van der Waals surface area contributed by atoms with Crippen molar-refractivity contribution < 1.29 is 39.8 Å². The van der Waals surface area contributed by atoms with E-state index in [1.54, 1.807) is 0 Å². The quantitative estimate of drug-likeness (QED) is 0.0376. The molecule has 9 heteroatoms. The third-order valence-corrected chi connectivity index (χ3v) is 10.2. The van der Waals surface area contributed by atoms with E-state index in [1.807, 2.05) is 0 Å². The third kappa shape index (κ3) is 23.4. The van der Waals surface area contributed by atoms with E-state index in [4.69, 9.17) is 9.47 Å². The van der Waals surface area contributed by atoms with Gasteiger partial charge in [-0.3, -0.25) is 4.79 Å². The highest BCUT2D eigenvalue weighted by molar-refractivity contribution is 5.76. The van der Waals surface area contributed by atoms with Gasteiger partial charge in [0.2, 0.25) is 5.91 Å². The zero-order chi connectivity index (χ0) is 36.0. The fourth-order valence-corrected chi connectivity index (χ4v) is 6.81. The van der Waals surface area contributed by atoms with Crippen molar-refractivity contribution in [2.75, 3.05) is 13.2 Å². The Morgan fingerprint density at radius 1 is 0.612 bits per heavy atom. The second kappa shape index (κ2) is 31.9. The number of aliphatic hydroxyl groups excluding tert-OH is 5. The van der Waals surface area contributed by atoms with Gasteiger partial charge in [0.1, 0.15) is 24.4 Å². The Hall–Kier alpha value is -0.810. The molecule has 1 saturated heterocycles. The molecule has 1 heterocycles. The Morgan fingerprint density at radius 2 is 1.02 bits per heavy atom. The molecular formula is C40H79NO8. The van der Waals surface area contributed by atoms with Crippen molar-refractivity contribution in [1.29, 1.82) is 0 Å². The van der Waals surface area contributed by atoms with Gasteiger partial charge in [-0.25, -0.2) is 0 Å². The smallest absolute Gasteiger partial charge is 0.220 e. The van der Waals surface area contributed by atoms with Crippen molar-refractivity contribution >= 4 is 5.91 Å². The van der Waals surface area contributed by atoms with Gasteiger partial charge in [0.15, 0.2) is 6.29 Å². The van der Waals surface area contributed by atoms with E-state index in [2.05, 4.69) is 19.2 Å². The van der Waals surface area contributed by atoms with Crippen LogP contribution in [0.5, 0.6) is 0 Å². The number of unbranched alkanes of at least 4 members (excludes halogenated alkanes) is 24. The molecular weight excluding hydrogens is 622 g/mol. The number of carbonyl (C=O) groups excluding carboxylic acids is 1. The minimum atomic E-state index is -1.55. The van der Waals surface area contributed by atoms with Crippen molar-refractivity contribution in [1.82, 2.24) is 5.32 Å². The van der Waals surface area contributed by atoms with Crippen LogP contribution in [0.3, 0.4) is 0 Å². The summed E-state index contributed by atoms with van der Waals surface area (Å²) in [6, 6.07) is -0.709. The second-order valence-corrected chi connectivity index (χ2v) is 14.8. The molecule has 0 radical (unpaired) electrons. The number of hydrogen-bond acceptors (Lipinski definition) is 8. The van der Waals surface area contributed by atoms with Gasteiger partial charge in [-0.15, -0.1) is 0 Å². The number of hydrogen-bond donors (Lipinski definition) is 6. The molecule has 0 spiro atoms. The van der Waals surface area contributed by atoms with Crippen LogP contribution >= 0.6 is 0 Å². The van der Waals surface area contributed by atoms with Gasteiger partial charge in [-0.2, -0.15) is 0 Å². The molecule has 1 aliphatic heterocycles. The van der Waals surface area contributed by atoms with Gasteiger partial charge in [-0.05, 0) is 12.8 Å². The topological polar surface area (TPSA) is 149 Å². The molecule has 0 aliphatic carbocycles. The maximum Gasteiger partial charge on any atom is 0.220 e. The largest absolute Gasteiger partial charge is 0.394 e. The maximum absolute atomic E-state index is 12.8. The lowest BCUT2D eigenvalue weighted by Crippen LogP contribution is -2.60. The lowest BCUT2D eigenvalue weighted by Gasteiger charge is -2.40. The summed E-state index contributed by atoms with van der Waals surface area (Å²) in [5.41, 5.74) is 0. The fourth-order valence-electron chi connectivity index (χ4n) is 6.81. The Balaban J connectivity index is 2.34. The summed E-state index contributed by atoms with van der Waals surface area (Å²) in [6.07, 6.45) is 25.4. The molecule has 1 aliphatic rings. The monoisotopic (exact) mass is 702 g/mol. The normalized spacial score (nSPS) is 22.3. The van der Waals surface area contributed by atoms with Crippen molar-refractivity contribution in [3.63, 3.8) is 0 Å². The number of ether oxygens (including phenoxy) is 2. The van der Waals surface area contributed by atoms with E-state index in [9.17, 15) is 30.3 Å². The van der Waals surface area contributed by atoms with Crippen LogP contribution in [0.4, 0.5) is 0 Å². The van der Waals surface area contributed by atoms with E-state index in [-0.39, 0.29) is 12.5 Å². The lowest BCUT2D eigenvalue weighted by atomic mass is 9.99. The first-order valence-corrected chi connectivity index (χ1v) is 20.7. The molecule has 0 aromatic heterocycles. The summed E-state index contributed by atoms with van der Waals surface area (Å²) in [6.45, 7) is 3.81. The maximum atomic E-state index is 12.8. The first kappa shape index (κ1) is 46.2. The molecule has 1 fully saturated rings. The van der Waals surface area contributed by atoms with Crippen molar-refractivity contribution in [3.8, 4) is 0 Å². The van der Waals surface area contributed by atoms with Crippen molar-refractivity contribution in [2.24, 2.45) is 0 Å². The van der Waals surface area contributed by atoms with E-state index < -0.39 is 49.5 Å². The van der Waals surface area contributed by atoms with Gasteiger partial charge < -0.3 is 40.3 Å². The van der Waals surface area contributed by atoms with Crippen LogP contribution in [0.2, 0.25) is 0 Å². The predicted octanol–water partition coefficient (Wildman–Crippen LogP) is 7.61. The highest BCUT2D eigenvalue weighted by atomic mass is 16.7. The molecule has 49 heavy (non-hydrogen) atoms. The standard InChI is InChI=1S/C40H79NO8/c1-3-5-7-9-11-13-14-15-16-17-18-19-20-22-23-25-27-29-34(43)33(32-48-40-39(47)38(46)37(45)35(31-42)49-40)41-36(44)30-28-26-24-21-12-10-8-6-4-2/h33-35,37-40,42-43,45-47H,3-32H2,1-2H3,(H,41,44). The van der Waals surface area contributed by atoms with E-state index in [0.29, 0.717) is 12.8 Å². The van der Waals surface area contributed by atoms with Crippen LogP contribution in [-0.4, -0.2) is 87.5 Å². The Bertz CT molecular complexity index is 741. The Kier molecular flexibility index (Phi) is 30.1. The Morgan fingerprint density at radius 3 is 1.45 bits per heavy atom. The molecule has 1 rings (SSSR count). The zero-order valence-electron chi connectivity index (χ0n) is 31.7. The summed E-state index contributed by atoms with van der Waals surface area (Å²) in [5.74, 6) is -0.146. The number of aliphatic hydroxyl groups is 5. The molecule has 292 valence electrons. The minimum Gasteiger partial charge on any atom is -0.394 e. The number of amides is 1. The first-order chi connectivity index (χ1) is 23.8. The van der Waals surface area contributed by atoms with E-state index >= 15 is 0 Å². The number of nitrogens with one attached hydrogen (secondary N) is 1. The van der Waals surface area contributed by atoms with Crippen LogP contribution in [0, 0.1) is 0 Å². The fraction of sp³-hybridized carbons (Fsp3) is 0.975. The number of rotatable bonds is 34. The zero-order valence-corrected chi connectivity index (χ0v) is 31.7. The summed E-state index contributed by atoms with van der Waals surface area (Å²) >= 11 is 0. The predicted molar refractivity (Wildman–Crippen MR) is 198 cm³/mol. The lowest BCUT2D eigenvalue weighted by molar-refractivity contribution is -0.302. The summed E-state index contributed by atoms with van der Waals surface area (Å²) in [4.78, 5) is 12.8. The van der Waals surface area contributed by atoms with E-state index in [0.717, 1.165) is 38.5 Å². The average molecular weight is 702 g/mol.